The molecule has 2 aromatic rings. The number of carbonyl (C=O) groups excluding carboxylic acids is 1. The van der Waals surface area contributed by atoms with Crippen LogP contribution in [0, 0.1) is 0 Å². The van der Waals surface area contributed by atoms with Crippen molar-refractivity contribution < 1.29 is 14.3 Å². The molecule has 1 unspecified atom stereocenters. The molecule has 0 saturated carbocycles. The number of rotatable bonds is 5. The zero-order valence-electron chi connectivity index (χ0n) is 17.1. The molecule has 1 saturated heterocycles. The Labute approximate surface area is 172 Å². The molecule has 1 atom stereocenters. The Morgan fingerprint density at radius 2 is 1.86 bits per heavy atom. The van der Waals surface area contributed by atoms with Crippen molar-refractivity contribution in [3.05, 3.63) is 54.1 Å². The molecule has 154 valence electrons. The predicted molar refractivity (Wildman–Crippen MR) is 114 cm³/mol. The lowest BCUT2D eigenvalue weighted by molar-refractivity contribution is 0.171. The summed E-state index contributed by atoms with van der Waals surface area (Å²) in [7, 11) is 0. The molecule has 2 aliphatic rings. The molecule has 0 spiro atoms. The molecule has 0 radical (unpaired) electrons. The number of para-hydroxylation sites is 1. The number of ether oxygens (including phenoxy) is 2. The van der Waals surface area contributed by atoms with Crippen molar-refractivity contribution in [2.45, 2.75) is 31.7 Å². The van der Waals surface area contributed by atoms with E-state index in [2.05, 4.69) is 42.7 Å². The zero-order valence-corrected chi connectivity index (χ0v) is 17.1. The lowest BCUT2D eigenvalue weighted by Gasteiger charge is -2.29. The highest BCUT2D eigenvalue weighted by Crippen LogP contribution is 2.35. The van der Waals surface area contributed by atoms with Gasteiger partial charge < -0.3 is 25.0 Å². The van der Waals surface area contributed by atoms with Gasteiger partial charge in [0.1, 0.15) is 13.2 Å². The first kappa shape index (κ1) is 19.4. The van der Waals surface area contributed by atoms with E-state index < -0.39 is 0 Å². The Balaban J connectivity index is 1.31. The maximum atomic E-state index is 12.7. The molecular formula is C23H29N3O3. The number of nitrogens with zero attached hydrogens (tertiary/aromatic N) is 1. The van der Waals surface area contributed by atoms with Gasteiger partial charge in [0.05, 0.1) is 0 Å². The van der Waals surface area contributed by atoms with Gasteiger partial charge in [0.15, 0.2) is 11.5 Å². The maximum absolute atomic E-state index is 12.7. The molecular weight excluding hydrogens is 366 g/mol. The van der Waals surface area contributed by atoms with E-state index in [1.54, 1.807) is 0 Å². The molecule has 0 bridgehead atoms. The Hall–Kier alpha value is -2.89. The zero-order chi connectivity index (χ0) is 20.3. The van der Waals surface area contributed by atoms with Crippen LogP contribution < -0.4 is 20.1 Å². The second-order valence-electron chi connectivity index (χ2n) is 8.34. The average Bonchev–Trinajstić information content (AvgIpc) is 3.21. The van der Waals surface area contributed by atoms with Gasteiger partial charge in [-0.25, -0.2) is 4.79 Å². The molecule has 1 fully saturated rings. The molecule has 2 amide bonds. The van der Waals surface area contributed by atoms with Crippen LogP contribution in [-0.2, 0) is 5.41 Å². The second-order valence-corrected chi connectivity index (χ2v) is 8.34. The molecule has 0 aliphatic carbocycles. The lowest BCUT2D eigenvalue weighted by atomic mass is 9.84. The predicted octanol–water partition coefficient (Wildman–Crippen LogP) is 3.63. The fourth-order valence-electron chi connectivity index (χ4n) is 3.81. The standard InChI is InChI=1S/C23H29N3O3/c1-23(2,17-8-9-20-21(14-17)29-13-12-28-20)16-24-22(27)26-11-10-19(15-26)25-18-6-4-3-5-7-18/h3-9,14,19,25H,10-13,15-16H2,1-2H3,(H,24,27). The van der Waals surface area contributed by atoms with E-state index in [0.29, 0.717) is 26.3 Å². The minimum atomic E-state index is -0.215. The number of amides is 2. The third-order valence-corrected chi connectivity index (χ3v) is 5.63. The lowest BCUT2D eigenvalue weighted by Crippen LogP contribution is -2.44. The largest absolute Gasteiger partial charge is 0.486 e. The Kier molecular flexibility index (Phi) is 5.51. The van der Waals surface area contributed by atoms with Crippen LogP contribution in [0.15, 0.2) is 48.5 Å². The summed E-state index contributed by atoms with van der Waals surface area (Å²) in [5.74, 6) is 1.57. The summed E-state index contributed by atoms with van der Waals surface area (Å²) in [5.41, 5.74) is 2.00. The summed E-state index contributed by atoms with van der Waals surface area (Å²) < 4.78 is 11.3. The van der Waals surface area contributed by atoms with Crippen molar-refractivity contribution in [1.29, 1.82) is 0 Å². The minimum Gasteiger partial charge on any atom is -0.486 e. The molecule has 2 N–H and O–H groups in total. The minimum absolute atomic E-state index is 0.00650. The Morgan fingerprint density at radius 3 is 2.66 bits per heavy atom. The summed E-state index contributed by atoms with van der Waals surface area (Å²) in [6, 6.07) is 16.4. The van der Waals surface area contributed by atoms with Gasteiger partial charge in [-0.15, -0.1) is 0 Å². The molecule has 29 heavy (non-hydrogen) atoms. The summed E-state index contributed by atoms with van der Waals surface area (Å²) in [6.45, 7) is 7.44. The first-order valence-electron chi connectivity index (χ1n) is 10.3. The quantitative estimate of drug-likeness (QED) is 0.812. The second kappa shape index (κ2) is 8.23. The van der Waals surface area contributed by atoms with E-state index in [9.17, 15) is 4.79 Å². The SMILES string of the molecule is CC(C)(CNC(=O)N1CCC(Nc2ccccc2)C1)c1ccc2c(c1)OCCO2. The summed E-state index contributed by atoms with van der Waals surface area (Å²) in [5, 5.41) is 6.62. The van der Waals surface area contributed by atoms with E-state index in [-0.39, 0.29) is 17.5 Å². The van der Waals surface area contributed by atoms with Gasteiger partial charge >= 0.3 is 6.03 Å². The first-order valence-corrected chi connectivity index (χ1v) is 10.3. The third kappa shape index (κ3) is 4.58. The summed E-state index contributed by atoms with van der Waals surface area (Å²) in [4.78, 5) is 14.6. The van der Waals surface area contributed by atoms with E-state index in [4.69, 9.17) is 9.47 Å². The van der Waals surface area contributed by atoms with Gasteiger partial charge in [-0.3, -0.25) is 0 Å². The third-order valence-electron chi connectivity index (χ3n) is 5.63. The number of benzene rings is 2. The molecule has 2 aromatic carbocycles. The summed E-state index contributed by atoms with van der Waals surface area (Å²) in [6.07, 6.45) is 0.952. The number of nitrogens with one attached hydrogen (secondary N) is 2. The summed E-state index contributed by atoms with van der Waals surface area (Å²) >= 11 is 0. The van der Waals surface area contributed by atoms with Crippen LogP contribution in [0.2, 0.25) is 0 Å². The van der Waals surface area contributed by atoms with Crippen LogP contribution in [0.1, 0.15) is 25.8 Å². The highest BCUT2D eigenvalue weighted by atomic mass is 16.6. The van der Waals surface area contributed by atoms with Crippen LogP contribution in [0.4, 0.5) is 10.5 Å². The fraction of sp³-hybridized carbons (Fsp3) is 0.435. The van der Waals surface area contributed by atoms with E-state index in [1.165, 1.54) is 0 Å². The van der Waals surface area contributed by atoms with Crippen LogP contribution in [0.5, 0.6) is 11.5 Å². The van der Waals surface area contributed by atoms with Crippen LogP contribution >= 0.6 is 0 Å². The molecule has 0 aromatic heterocycles. The number of carbonyl (C=O) groups is 1. The van der Waals surface area contributed by atoms with Crippen LogP contribution in [0.25, 0.3) is 0 Å². The van der Waals surface area contributed by atoms with Crippen molar-refractivity contribution in [3.63, 3.8) is 0 Å². The van der Waals surface area contributed by atoms with E-state index in [1.807, 2.05) is 35.2 Å². The monoisotopic (exact) mass is 395 g/mol. The highest BCUT2D eigenvalue weighted by Gasteiger charge is 2.29. The van der Waals surface area contributed by atoms with Crippen molar-refractivity contribution in [2.24, 2.45) is 0 Å². The van der Waals surface area contributed by atoms with Gasteiger partial charge in [-0.1, -0.05) is 38.1 Å². The van der Waals surface area contributed by atoms with Crippen molar-refractivity contribution in [3.8, 4) is 11.5 Å². The smallest absolute Gasteiger partial charge is 0.317 e. The van der Waals surface area contributed by atoms with Gasteiger partial charge in [-0.2, -0.15) is 0 Å². The molecule has 6 heteroatoms. The van der Waals surface area contributed by atoms with Gasteiger partial charge in [0.25, 0.3) is 0 Å². The highest BCUT2D eigenvalue weighted by molar-refractivity contribution is 5.74. The number of urea groups is 1. The van der Waals surface area contributed by atoms with Gasteiger partial charge in [0.2, 0.25) is 0 Å². The van der Waals surface area contributed by atoms with Crippen molar-refractivity contribution in [1.82, 2.24) is 10.2 Å². The van der Waals surface area contributed by atoms with Gasteiger partial charge in [0, 0.05) is 36.8 Å². The molecule has 2 heterocycles. The number of anilines is 1. The maximum Gasteiger partial charge on any atom is 0.317 e. The van der Waals surface area contributed by atoms with Crippen molar-refractivity contribution in [2.75, 3.05) is 38.2 Å². The van der Waals surface area contributed by atoms with E-state index in [0.717, 1.165) is 35.7 Å². The topological polar surface area (TPSA) is 62.8 Å². The number of hydrogen-bond acceptors (Lipinski definition) is 4. The molecule has 6 nitrogen and oxygen atoms in total. The number of likely N-dealkylation sites (tertiary alicyclic amines) is 1. The Bertz CT molecular complexity index is 854. The normalized spacial score (nSPS) is 18.4. The average molecular weight is 396 g/mol. The van der Waals surface area contributed by atoms with Gasteiger partial charge in [-0.05, 0) is 36.2 Å². The van der Waals surface area contributed by atoms with Crippen molar-refractivity contribution >= 4 is 11.7 Å². The number of fused-ring (bicyclic) bond motifs is 1. The van der Waals surface area contributed by atoms with Crippen LogP contribution in [-0.4, -0.2) is 49.8 Å². The van der Waals surface area contributed by atoms with Crippen LogP contribution in [0.3, 0.4) is 0 Å². The molecule has 2 aliphatic heterocycles. The number of hydrogen-bond donors (Lipinski definition) is 2. The van der Waals surface area contributed by atoms with E-state index >= 15 is 0 Å². The fourth-order valence-corrected chi connectivity index (χ4v) is 3.81. The Morgan fingerprint density at radius 1 is 1.10 bits per heavy atom. The molecule has 4 rings (SSSR count). The first-order chi connectivity index (χ1) is 14.0.